The molecule has 4 aromatic rings. The summed E-state index contributed by atoms with van der Waals surface area (Å²) in [5.74, 6) is 0.903. The largest absolute Gasteiger partial charge is 0.468 e. The van der Waals surface area contributed by atoms with Crippen LogP contribution in [0.15, 0.2) is 65.6 Å². The molecule has 0 amide bonds. The molecule has 33 heavy (non-hydrogen) atoms. The summed E-state index contributed by atoms with van der Waals surface area (Å²) >= 11 is 1.48. The standard InChI is InChI=1S/C24H24N2O5S2/c1-4-29-15-30-18-8-12-21-23(14-18)32-24(26-21)17-7-11-20(25-3)22(13-17)31-33(27,28)19-9-5-16(2)6-10-19/h5-14,25H,4,15H2,1-3H3. The number of aryl methyl sites for hydroxylation is 1. The van der Waals surface area contributed by atoms with Crippen LogP contribution in [-0.4, -0.2) is 33.8 Å². The second-order valence-electron chi connectivity index (χ2n) is 7.21. The molecule has 0 atom stereocenters. The lowest BCUT2D eigenvalue weighted by Crippen LogP contribution is -2.11. The fourth-order valence-corrected chi connectivity index (χ4v) is 5.04. The maximum atomic E-state index is 12.8. The van der Waals surface area contributed by atoms with Gasteiger partial charge in [-0.05, 0) is 62.4 Å². The molecule has 0 fully saturated rings. The number of hydrogen-bond acceptors (Lipinski definition) is 8. The Bertz CT molecular complexity index is 1370. The first-order chi connectivity index (χ1) is 15.9. The van der Waals surface area contributed by atoms with Crippen molar-refractivity contribution in [3.63, 3.8) is 0 Å². The molecule has 0 aliphatic rings. The molecule has 172 valence electrons. The highest BCUT2D eigenvalue weighted by Crippen LogP contribution is 2.37. The van der Waals surface area contributed by atoms with Crippen molar-refractivity contribution in [2.45, 2.75) is 18.7 Å². The summed E-state index contributed by atoms with van der Waals surface area (Å²) in [6.07, 6.45) is 0. The summed E-state index contributed by atoms with van der Waals surface area (Å²) in [5, 5.41) is 3.72. The number of thiazole rings is 1. The van der Waals surface area contributed by atoms with E-state index in [1.807, 2.05) is 38.1 Å². The molecule has 0 unspecified atom stereocenters. The second kappa shape index (κ2) is 9.78. The quantitative estimate of drug-likeness (QED) is 0.192. The number of benzene rings is 3. The van der Waals surface area contributed by atoms with Gasteiger partial charge in [-0.15, -0.1) is 11.3 Å². The van der Waals surface area contributed by atoms with Crippen LogP contribution in [0, 0.1) is 6.92 Å². The molecule has 9 heteroatoms. The number of nitrogens with zero attached hydrogens (tertiary/aromatic N) is 1. The zero-order valence-corrected chi connectivity index (χ0v) is 20.1. The first-order valence-corrected chi connectivity index (χ1v) is 12.6. The minimum absolute atomic E-state index is 0.0973. The summed E-state index contributed by atoms with van der Waals surface area (Å²) in [5.41, 5.74) is 3.10. The lowest BCUT2D eigenvalue weighted by Gasteiger charge is -2.12. The maximum absolute atomic E-state index is 12.8. The van der Waals surface area contributed by atoms with Crippen LogP contribution in [0.1, 0.15) is 12.5 Å². The van der Waals surface area contributed by atoms with E-state index in [4.69, 9.17) is 13.7 Å². The molecule has 1 N–H and O–H groups in total. The van der Waals surface area contributed by atoms with E-state index in [9.17, 15) is 8.42 Å². The highest BCUT2D eigenvalue weighted by Gasteiger charge is 2.19. The van der Waals surface area contributed by atoms with Crippen LogP contribution in [-0.2, 0) is 14.9 Å². The summed E-state index contributed by atoms with van der Waals surface area (Å²) in [4.78, 5) is 4.79. The van der Waals surface area contributed by atoms with Crippen LogP contribution in [0.25, 0.3) is 20.8 Å². The topological polar surface area (TPSA) is 86.8 Å². The van der Waals surface area contributed by atoms with Crippen molar-refractivity contribution in [1.82, 2.24) is 4.98 Å². The third-order valence-corrected chi connectivity index (χ3v) is 7.20. The summed E-state index contributed by atoms with van der Waals surface area (Å²) in [6, 6.07) is 17.5. The normalized spacial score (nSPS) is 11.5. The van der Waals surface area contributed by atoms with Gasteiger partial charge < -0.3 is 19.0 Å². The van der Waals surface area contributed by atoms with Gasteiger partial charge in [-0.25, -0.2) is 4.98 Å². The predicted molar refractivity (Wildman–Crippen MR) is 131 cm³/mol. The van der Waals surface area contributed by atoms with Gasteiger partial charge in [-0.1, -0.05) is 17.7 Å². The van der Waals surface area contributed by atoms with Gasteiger partial charge in [0.1, 0.15) is 15.7 Å². The molecular weight excluding hydrogens is 460 g/mol. The molecule has 0 radical (unpaired) electrons. The van der Waals surface area contributed by atoms with E-state index in [0.717, 1.165) is 26.4 Å². The molecule has 3 aromatic carbocycles. The first-order valence-electron chi connectivity index (χ1n) is 10.3. The molecular formula is C24H24N2O5S2. The lowest BCUT2D eigenvalue weighted by molar-refractivity contribution is 0.0225. The predicted octanol–water partition coefficient (Wildman–Crippen LogP) is 5.45. The Hall–Kier alpha value is -3.14. The Balaban J connectivity index is 1.64. The number of ether oxygens (including phenoxy) is 2. The molecule has 0 bridgehead atoms. The Kier molecular flexibility index (Phi) is 6.83. The van der Waals surface area contributed by atoms with Gasteiger partial charge in [0.15, 0.2) is 12.5 Å². The molecule has 1 aromatic heterocycles. The number of anilines is 1. The minimum atomic E-state index is -3.99. The van der Waals surface area contributed by atoms with Crippen LogP contribution in [0.5, 0.6) is 11.5 Å². The zero-order valence-electron chi connectivity index (χ0n) is 18.5. The number of aromatic nitrogens is 1. The van der Waals surface area contributed by atoms with Crippen molar-refractivity contribution >= 4 is 37.4 Å². The average Bonchev–Trinajstić information content (AvgIpc) is 3.23. The van der Waals surface area contributed by atoms with Crippen LogP contribution < -0.4 is 14.2 Å². The Morgan fingerprint density at radius 1 is 1.03 bits per heavy atom. The SMILES string of the molecule is CCOCOc1ccc2nc(-c3ccc(NC)c(OS(=O)(=O)c4ccc(C)cc4)c3)sc2c1. The van der Waals surface area contributed by atoms with Gasteiger partial charge in [0.25, 0.3) is 0 Å². The Labute approximate surface area is 197 Å². The summed E-state index contributed by atoms with van der Waals surface area (Å²) in [7, 11) is -2.28. The van der Waals surface area contributed by atoms with Gasteiger partial charge in [-0.2, -0.15) is 8.42 Å². The van der Waals surface area contributed by atoms with E-state index in [-0.39, 0.29) is 17.4 Å². The zero-order chi connectivity index (χ0) is 23.4. The van der Waals surface area contributed by atoms with Gasteiger partial charge in [0.2, 0.25) is 0 Å². The molecule has 0 aliphatic carbocycles. The van der Waals surface area contributed by atoms with Crippen LogP contribution in [0.3, 0.4) is 0 Å². The van der Waals surface area contributed by atoms with Crippen LogP contribution in [0.2, 0.25) is 0 Å². The summed E-state index contributed by atoms with van der Waals surface area (Å²) in [6.45, 7) is 4.58. The highest BCUT2D eigenvalue weighted by atomic mass is 32.2. The molecule has 7 nitrogen and oxygen atoms in total. The van der Waals surface area contributed by atoms with E-state index in [1.165, 1.54) is 23.5 Å². The average molecular weight is 485 g/mol. The van der Waals surface area contributed by atoms with Crippen molar-refractivity contribution in [2.75, 3.05) is 25.8 Å². The van der Waals surface area contributed by atoms with Gasteiger partial charge in [0, 0.05) is 19.2 Å². The molecule has 0 aliphatic heterocycles. The minimum Gasteiger partial charge on any atom is -0.468 e. The van der Waals surface area contributed by atoms with Gasteiger partial charge in [-0.3, -0.25) is 0 Å². The molecule has 1 heterocycles. The van der Waals surface area contributed by atoms with Crippen molar-refractivity contribution in [2.24, 2.45) is 0 Å². The third kappa shape index (κ3) is 5.27. The lowest BCUT2D eigenvalue weighted by atomic mass is 10.2. The first kappa shape index (κ1) is 23.0. The van der Waals surface area contributed by atoms with Gasteiger partial charge >= 0.3 is 10.1 Å². The highest BCUT2D eigenvalue weighted by molar-refractivity contribution is 7.87. The van der Waals surface area contributed by atoms with Crippen LogP contribution >= 0.6 is 11.3 Å². The van der Waals surface area contributed by atoms with E-state index in [1.54, 1.807) is 31.3 Å². The fraction of sp³-hybridized carbons (Fsp3) is 0.208. The summed E-state index contributed by atoms with van der Waals surface area (Å²) < 4.78 is 42.9. The second-order valence-corrected chi connectivity index (χ2v) is 9.79. The van der Waals surface area contributed by atoms with Crippen molar-refractivity contribution in [3.8, 4) is 22.1 Å². The molecule has 0 saturated heterocycles. The smallest absolute Gasteiger partial charge is 0.339 e. The number of nitrogens with one attached hydrogen (secondary N) is 1. The molecule has 0 saturated carbocycles. The third-order valence-electron chi connectivity index (χ3n) is 4.88. The monoisotopic (exact) mass is 484 g/mol. The fourth-order valence-electron chi connectivity index (χ4n) is 3.11. The number of rotatable bonds is 9. The van der Waals surface area contributed by atoms with Crippen molar-refractivity contribution in [3.05, 3.63) is 66.2 Å². The number of fused-ring (bicyclic) bond motifs is 1. The van der Waals surface area contributed by atoms with E-state index in [2.05, 4.69) is 10.3 Å². The molecule has 4 rings (SSSR count). The maximum Gasteiger partial charge on any atom is 0.339 e. The molecule has 0 spiro atoms. The van der Waals surface area contributed by atoms with Gasteiger partial charge in [0.05, 0.1) is 15.9 Å². The van der Waals surface area contributed by atoms with Crippen molar-refractivity contribution in [1.29, 1.82) is 0 Å². The van der Waals surface area contributed by atoms with Crippen LogP contribution in [0.4, 0.5) is 5.69 Å². The van der Waals surface area contributed by atoms with E-state index in [0.29, 0.717) is 18.0 Å². The Morgan fingerprint density at radius 3 is 2.55 bits per heavy atom. The number of hydrogen-bond donors (Lipinski definition) is 1. The van der Waals surface area contributed by atoms with E-state index < -0.39 is 10.1 Å². The van der Waals surface area contributed by atoms with Crippen molar-refractivity contribution < 1.29 is 22.1 Å². The van der Waals surface area contributed by atoms with E-state index >= 15 is 0 Å². The Morgan fingerprint density at radius 2 is 1.82 bits per heavy atom.